The molecule has 7 heteroatoms. The van der Waals surface area contributed by atoms with Crippen LogP contribution >= 0.6 is 11.6 Å². The average molecular weight is 412 g/mol. The molecule has 0 atom stereocenters. The van der Waals surface area contributed by atoms with E-state index in [4.69, 9.17) is 11.6 Å². The van der Waals surface area contributed by atoms with Crippen LogP contribution in [0.2, 0.25) is 5.02 Å². The zero-order valence-corrected chi connectivity index (χ0v) is 16.9. The molecule has 0 radical (unpaired) electrons. The molecule has 1 amide bonds. The van der Waals surface area contributed by atoms with Crippen LogP contribution in [-0.2, 0) is 26.6 Å². The molecule has 1 N–H and O–H groups in total. The van der Waals surface area contributed by atoms with Crippen LogP contribution in [0.5, 0.6) is 0 Å². The van der Waals surface area contributed by atoms with E-state index in [0.29, 0.717) is 18.4 Å². The molecular formula is C20H23ClFNO3S. The maximum atomic E-state index is 13.2. The third kappa shape index (κ3) is 6.63. The van der Waals surface area contributed by atoms with Gasteiger partial charge in [-0.2, -0.15) is 0 Å². The Hall–Kier alpha value is -1.92. The molecule has 0 saturated carbocycles. The summed E-state index contributed by atoms with van der Waals surface area (Å²) in [5.41, 5.74) is 0.645. The molecule has 4 nitrogen and oxygen atoms in total. The van der Waals surface area contributed by atoms with Gasteiger partial charge in [0.05, 0.1) is 11.3 Å². The second-order valence-electron chi connectivity index (χ2n) is 6.98. The minimum Gasteiger partial charge on any atom is -0.346 e. The Kier molecular flexibility index (Phi) is 7.00. The van der Waals surface area contributed by atoms with Crippen molar-refractivity contribution >= 4 is 27.3 Å². The molecule has 0 aliphatic heterocycles. The second kappa shape index (κ2) is 8.85. The fraction of sp³-hybridized carbons (Fsp3) is 0.350. The maximum absolute atomic E-state index is 13.2. The van der Waals surface area contributed by atoms with E-state index in [1.165, 1.54) is 12.1 Å². The van der Waals surface area contributed by atoms with Crippen LogP contribution < -0.4 is 5.32 Å². The Bertz CT molecular complexity index is 899. The summed E-state index contributed by atoms with van der Waals surface area (Å²) in [5, 5.41) is 2.84. The van der Waals surface area contributed by atoms with Crippen molar-refractivity contribution in [2.45, 2.75) is 32.2 Å². The Morgan fingerprint density at radius 2 is 1.81 bits per heavy atom. The zero-order chi connectivity index (χ0) is 20.1. The van der Waals surface area contributed by atoms with Crippen LogP contribution in [0.15, 0.2) is 48.5 Å². The first-order valence-corrected chi connectivity index (χ1v) is 10.8. The monoisotopic (exact) mass is 411 g/mol. The van der Waals surface area contributed by atoms with E-state index in [9.17, 15) is 17.6 Å². The summed E-state index contributed by atoms with van der Waals surface area (Å²) in [6, 6.07) is 13.5. The average Bonchev–Trinajstić information content (AvgIpc) is 2.53. The van der Waals surface area contributed by atoms with E-state index in [1.54, 1.807) is 13.8 Å². The van der Waals surface area contributed by atoms with Crippen molar-refractivity contribution in [3.05, 3.63) is 70.5 Å². The molecule has 27 heavy (non-hydrogen) atoms. The van der Waals surface area contributed by atoms with Gasteiger partial charge in [0.2, 0.25) is 5.91 Å². The quantitative estimate of drug-likeness (QED) is 0.717. The number of hydrogen-bond donors (Lipinski definition) is 1. The molecule has 2 aromatic rings. The Balaban J connectivity index is 1.92. The van der Waals surface area contributed by atoms with Crippen molar-refractivity contribution in [3.63, 3.8) is 0 Å². The molecule has 0 aliphatic rings. The summed E-state index contributed by atoms with van der Waals surface area (Å²) in [6.07, 6.45) is 1.09. The number of amides is 1. The summed E-state index contributed by atoms with van der Waals surface area (Å²) >= 11 is 6.05. The number of carbonyl (C=O) groups is 1. The molecular weight excluding hydrogens is 389 g/mol. The van der Waals surface area contributed by atoms with Crippen LogP contribution in [0.4, 0.5) is 4.39 Å². The van der Waals surface area contributed by atoms with Crippen molar-refractivity contribution in [2.24, 2.45) is 0 Å². The molecule has 0 saturated heterocycles. The van der Waals surface area contributed by atoms with Gasteiger partial charge in [-0.25, -0.2) is 12.8 Å². The first-order valence-electron chi connectivity index (χ1n) is 8.60. The number of nitrogens with one attached hydrogen (secondary N) is 1. The first-order chi connectivity index (χ1) is 12.6. The molecule has 2 rings (SSSR count). The number of carbonyl (C=O) groups excluding carboxylic acids is 1. The lowest BCUT2D eigenvalue weighted by molar-refractivity contribution is -0.120. The third-order valence-corrected chi connectivity index (χ3v) is 6.10. The highest BCUT2D eigenvalue weighted by Crippen LogP contribution is 2.28. The first kappa shape index (κ1) is 21.4. The molecule has 0 aromatic heterocycles. The van der Waals surface area contributed by atoms with Crippen LogP contribution in [0.1, 0.15) is 31.4 Å². The Morgan fingerprint density at radius 1 is 1.15 bits per heavy atom. The minimum atomic E-state index is -3.53. The van der Waals surface area contributed by atoms with Gasteiger partial charge in [-0.3, -0.25) is 4.79 Å². The smallest absolute Gasteiger partial charge is 0.235 e. The topological polar surface area (TPSA) is 63.2 Å². The molecule has 146 valence electrons. The van der Waals surface area contributed by atoms with Crippen LogP contribution in [0.3, 0.4) is 0 Å². The van der Waals surface area contributed by atoms with Gasteiger partial charge in [0.15, 0.2) is 9.84 Å². The zero-order valence-electron chi connectivity index (χ0n) is 15.3. The van der Waals surface area contributed by atoms with Gasteiger partial charge in [-0.05, 0) is 49.9 Å². The molecule has 2 aromatic carbocycles. The number of hydrogen-bond acceptors (Lipinski definition) is 3. The predicted octanol–water partition coefficient (Wildman–Crippen LogP) is 3.88. The normalized spacial score (nSPS) is 12.0. The van der Waals surface area contributed by atoms with Gasteiger partial charge < -0.3 is 5.32 Å². The van der Waals surface area contributed by atoms with Gasteiger partial charge in [-0.15, -0.1) is 0 Å². The van der Waals surface area contributed by atoms with Crippen molar-refractivity contribution in [3.8, 4) is 0 Å². The van der Waals surface area contributed by atoms with Gasteiger partial charge >= 0.3 is 0 Å². The Morgan fingerprint density at radius 3 is 2.44 bits per heavy atom. The summed E-state index contributed by atoms with van der Waals surface area (Å²) in [5.74, 6) is -1.75. The van der Waals surface area contributed by atoms with Crippen molar-refractivity contribution in [1.29, 1.82) is 0 Å². The highest BCUT2D eigenvalue weighted by molar-refractivity contribution is 7.92. The minimum absolute atomic E-state index is 0.0625. The van der Waals surface area contributed by atoms with E-state index in [0.717, 1.165) is 11.6 Å². The van der Waals surface area contributed by atoms with Gasteiger partial charge in [0, 0.05) is 5.02 Å². The molecule has 0 heterocycles. The summed E-state index contributed by atoms with van der Waals surface area (Å²) < 4.78 is 37.7. The van der Waals surface area contributed by atoms with Gasteiger partial charge in [-0.1, -0.05) is 48.0 Å². The van der Waals surface area contributed by atoms with Crippen LogP contribution in [0, 0.1) is 5.82 Å². The summed E-state index contributed by atoms with van der Waals surface area (Å²) in [4.78, 5) is 12.3. The molecule has 0 aliphatic carbocycles. The predicted molar refractivity (Wildman–Crippen MR) is 106 cm³/mol. The van der Waals surface area contributed by atoms with Crippen molar-refractivity contribution in [2.75, 3.05) is 11.5 Å². The van der Waals surface area contributed by atoms with Crippen LogP contribution in [-0.4, -0.2) is 25.8 Å². The van der Waals surface area contributed by atoms with Gasteiger partial charge in [0.1, 0.15) is 11.6 Å². The number of benzene rings is 2. The second-order valence-corrected chi connectivity index (χ2v) is 9.57. The SMILES string of the molecule is CC(C)(NC(=O)CS(=O)(=O)CCCc1ccccc1)c1ccc(F)cc1Cl. The number of sulfone groups is 1. The van der Waals surface area contributed by atoms with Crippen LogP contribution in [0.25, 0.3) is 0 Å². The third-order valence-electron chi connectivity index (χ3n) is 4.17. The largest absolute Gasteiger partial charge is 0.346 e. The fourth-order valence-corrected chi connectivity index (χ4v) is 4.46. The number of halogens is 2. The lowest BCUT2D eigenvalue weighted by Gasteiger charge is -2.28. The lowest BCUT2D eigenvalue weighted by atomic mass is 9.94. The van der Waals surface area contributed by atoms with Gasteiger partial charge in [0.25, 0.3) is 0 Å². The summed E-state index contributed by atoms with van der Waals surface area (Å²) in [7, 11) is -3.53. The summed E-state index contributed by atoms with van der Waals surface area (Å²) in [6.45, 7) is 3.37. The molecule has 0 bridgehead atoms. The van der Waals surface area contributed by atoms with E-state index < -0.39 is 32.9 Å². The number of aryl methyl sites for hydroxylation is 1. The number of rotatable bonds is 8. The lowest BCUT2D eigenvalue weighted by Crippen LogP contribution is -2.44. The maximum Gasteiger partial charge on any atom is 0.235 e. The van der Waals surface area contributed by atoms with E-state index in [2.05, 4.69) is 5.32 Å². The molecule has 0 spiro atoms. The molecule has 0 fully saturated rings. The van der Waals surface area contributed by atoms with Crippen molar-refractivity contribution < 1.29 is 17.6 Å². The fourth-order valence-electron chi connectivity index (χ4n) is 2.86. The molecule has 0 unspecified atom stereocenters. The Labute approximate surface area is 164 Å². The standard InChI is InChI=1S/C20H23ClFNO3S/c1-20(2,17-11-10-16(22)13-18(17)21)23-19(24)14-27(25,26)12-6-9-15-7-4-3-5-8-15/h3-5,7-8,10-11,13H,6,9,12,14H2,1-2H3,(H,23,24). The van der Waals surface area contributed by atoms with E-state index in [1.807, 2.05) is 30.3 Å². The van der Waals surface area contributed by atoms with Crippen molar-refractivity contribution in [1.82, 2.24) is 5.32 Å². The highest BCUT2D eigenvalue weighted by atomic mass is 35.5. The van der Waals surface area contributed by atoms with E-state index in [-0.39, 0.29) is 10.8 Å². The van der Waals surface area contributed by atoms with E-state index >= 15 is 0 Å². The highest BCUT2D eigenvalue weighted by Gasteiger charge is 2.27.